The van der Waals surface area contributed by atoms with Gasteiger partial charge in [-0.3, -0.25) is 0 Å². The van der Waals surface area contributed by atoms with Crippen molar-refractivity contribution in [1.29, 1.82) is 0 Å². The van der Waals surface area contributed by atoms with E-state index in [-0.39, 0.29) is 0 Å². The fourth-order valence-corrected chi connectivity index (χ4v) is 2.03. The highest BCUT2D eigenvalue weighted by Gasteiger charge is 2.00. The zero-order valence-electron chi connectivity index (χ0n) is 9.20. The zero-order valence-corrected chi connectivity index (χ0v) is 11.5. The van der Waals surface area contributed by atoms with Crippen LogP contribution in [-0.4, -0.2) is 0 Å². The number of alkyl halides is 1. The molecular weight excluding hydrogens is 300 g/mol. The molecule has 0 fully saturated rings. The molecule has 0 heterocycles. The minimum absolute atomic E-state index is 0.491. The van der Waals surface area contributed by atoms with Crippen LogP contribution < -0.4 is 4.74 Å². The molecule has 88 valence electrons. The van der Waals surface area contributed by atoms with E-state index in [0.29, 0.717) is 6.61 Å². The van der Waals surface area contributed by atoms with Gasteiger partial charge in [-0.1, -0.05) is 57.9 Å². The van der Waals surface area contributed by atoms with Gasteiger partial charge in [-0.2, -0.15) is 0 Å². The lowest BCUT2D eigenvalue weighted by Gasteiger charge is -2.08. The summed E-state index contributed by atoms with van der Waals surface area (Å²) in [6.07, 6.45) is 0. The Labute approximate surface area is 115 Å². The molecule has 0 saturated heterocycles. The van der Waals surface area contributed by atoms with Gasteiger partial charge in [0.1, 0.15) is 12.4 Å². The van der Waals surface area contributed by atoms with Gasteiger partial charge in [-0.15, -0.1) is 0 Å². The first kappa shape index (κ1) is 12.5. The van der Waals surface area contributed by atoms with Crippen molar-refractivity contribution >= 4 is 27.5 Å². The molecule has 3 heteroatoms. The van der Waals surface area contributed by atoms with Crippen LogP contribution in [0.5, 0.6) is 5.75 Å². The van der Waals surface area contributed by atoms with Crippen molar-refractivity contribution in [1.82, 2.24) is 0 Å². The third-order valence-electron chi connectivity index (χ3n) is 2.40. The van der Waals surface area contributed by atoms with E-state index in [4.69, 9.17) is 16.3 Å². The molecule has 0 aliphatic carbocycles. The van der Waals surface area contributed by atoms with Crippen molar-refractivity contribution in [2.45, 2.75) is 11.9 Å². The molecule has 17 heavy (non-hydrogen) atoms. The molecule has 0 radical (unpaired) electrons. The maximum atomic E-state index is 6.06. The van der Waals surface area contributed by atoms with Gasteiger partial charge in [0.2, 0.25) is 0 Å². The Morgan fingerprint density at radius 2 is 1.88 bits per heavy atom. The van der Waals surface area contributed by atoms with Crippen LogP contribution >= 0.6 is 27.5 Å². The molecule has 0 aromatic heterocycles. The van der Waals surface area contributed by atoms with Crippen molar-refractivity contribution in [2.24, 2.45) is 0 Å². The molecule has 0 aliphatic heterocycles. The monoisotopic (exact) mass is 310 g/mol. The van der Waals surface area contributed by atoms with E-state index in [1.165, 1.54) is 5.56 Å². The van der Waals surface area contributed by atoms with Crippen LogP contribution in [0.1, 0.15) is 11.1 Å². The van der Waals surface area contributed by atoms with E-state index in [2.05, 4.69) is 22.0 Å². The SMILES string of the molecule is Clc1ccccc1COc1cccc(CBr)c1. The maximum Gasteiger partial charge on any atom is 0.120 e. The van der Waals surface area contributed by atoms with Crippen LogP contribution in [0.4, 0.5) is 0 Å². The van der Waals surface area contributed by atoms with Crippen LogP contribution in [0.2, 0.25) is 5.02 Å². The minimum Gasteiger partial charge on any atom is -0.489 e. The summed E-state index contributed by atoms with van der Waals surface area (Å²) in [7, 11) is 0. The number of hydrogen-bond acceptors (Lipinski definition) is 1. The number of halogens is 2. The summed E-state index contributed by atoms with van der Waals surface area (Å²) in [6.45, 7) is 0.491. The highest BCUT2D eigenvalue weighted by atomic mass is 79.9. The lowest BCUT2D eigenvalue weighted by molar-refractivity contribution is 0.306. The summed E-state index contributed by atoms with van der Waals surface area (Å²) < 4.78 is 5.71. The normalized spacial score (nSPS) is 10.2. The van der Waals surface area contributed by atoms with E-state index in [0.717, 1.165) is 21.7 Å². The van der Waals surface area contributed by atoms with Crippen molar-refractivity contribution < 1.29 is 4.74 Å². The first-order valence-electron chi connectivity index (χ1n) is 5.30. The summed E-state index contributed by atoms with van der Waals surface area (Å²) in [5.41, 5.74) is 2.19. The van der Waals surface area contributed by atoms with Gasteiger partial charge in [0.05, 0.1) is 0 Å². The molecule has 0 amide bonds. The fourth-order valence-electron chi connectivity index (χ4n) is 1.49. The molecular formula is C14H12BrClO. The number of ether oxygens (including phenoxy) is 1. The van der Waals surface area contributed by atoms with Crippen LogP contribution in [-0.2, 0) is 11.9 Å². The van der Waals surface area contributed by atoms with Crippen LogP contribution in [0.3, 0.4) is 0 Å². The van der Waals surface area contributed by atoms with Crippen molar-refractivity contribution in [3.8, 4) is 5.75 Å². The van der Waals surface area contributed by atoms with Gasteiger partial charge >= 0.3 is 0 Å². The molecule has 1 nitrogen and oxygen atoms in total. The average Bonchev–Trinajstić information content (AvgIpc) is 2.38. The van der Waals surface area contributed by atoms with Gasteiger partial charge in [0, 0.05) is 15.9 Å². The Hall–Kier alpha value is -0.990. The van der Waals surface area contributed by atoms with Gasteiger partial charge in [0.15, 0.2) is 0 Å². The molecule has 0 saturated carbocycles. The average molecular weight is 312 g/mol. The van der Waals surface area contributed by atoms with Crippen LogP contribution in [0.15, 0.2) is 48.5 Å². The first-order valence-corrected chi connectivity index (χ1v) is 6.80. The van der Waals surface area contributed by atoms with E-state index in [9.17, 15) is 0 Å². The third-order valence-corrected chi connectivity index (χ3v) is 3.42. The van der Waals surface area contributed by atoms with Gasteiger partial charge in [-0.25, -0.2) is 0 Å². The predicted molar refractivity (Wildman–Crippen MR) is 74.9 cm³/mol. The van der Waals surface area contributed by atoms with Crippen LogP contribution in [0, 0.1) is 0 Å². The van der Waals surface area contributed by atoms with E-state index in [1.54, 1.807) is 0 Å². The van der Waals surface area contributed by atoms with Gasteiger partial charge in [-0.05, 0) is 23.8 Å². The van der Waals surface area contributed by atoms with E-state index < -0.39 is 0 Å². The molecule has 2 aromatic rings. The molecule has 0 aliphatic rings. The lowest BCUT2D eigenvalue weighted by atomic mass is 10.2. The van der Waals surface area contributed by atoms with Crippen molar-refractivity contribution in [3.05, 3.63) is 64.7 Å². The summed E-state index contributed by atoms with van der Waals surface area (Å²) in [5.74, 6) is 0.863. The second kappa shape index (κ2) is 6.08. The molecule has 0 N–H and O–H groups in total. The largest absolute Gasteiger partial charge is 0.489 e. The Morgan fingerprint density at radius 1 is 1.06 bits per heavy atom. The molecule has 2 rings (SSSR count). The molecule has 0 unspecified atom stereocenters. The standard InChI is InChI=1S/C14H12BrClO/c15-9-11-4-3-6-13(8-11)17-10-12-5-1-2-7-14(12)16/h1-8H,9-10H2. The third kappa shape index (κ3) is 3.48. The number of rotatable bonds is 4. The Morgan fingerprint density at radius 3 is 2.65 bits per heavy atom. The summed E-state index contributed by atoms with van der Waals surface area (Å²) in [6, 6.07) is 15.7. The van der Waals surface area contributed by atoms with Gasteiger partial charge in [0.25, 0.3) is 0 Å². The number of benzene rings is 2. The quantitative estimate of drug-likeness (QED) is 0.736. The van der Waals surface area contributed by atoms with E-state index in [1.807, 2.05) is 42.5 Å². The maximum absolute atomic E-state index is 6.06. The molecule has 0 bridgehead atoms. The topological polar surface area (TPSA) is 9.23 Å². The smallest absolute Gasteiger partial charge is 0.120 e. The highest BCUT2D eigenvalue weighted by molar-refractivity contribution is 9.08. The summed E-state index contributed by atoms with van der Waals surface area (Å²) >= 11 is 9.48. The molecule has 2 aromatic carbocycles. The Bertz CT molecular complexity index is 499. The number of hydrogen-bond donors (Lipinski definition) is 0. The van der Waals surface area contributed by atoms with Gasteiger partial charge < -0.3 is 4.74 Å². The second-order valence-electron chi connectivity index (χ2n) is 3.66. The minimum atomic E-state index is 0.491. The Balaban J connectivity index is 2.05. The second-order valence-corrected chi connectivity index (χ2v) is 4.63. The van der Waals surface area contributed by atoms with Crippen molar-refractivity contribution in [3.63, 3.8) is 0 Å². The Kier molecular flexibility index (Phi) is 4.46. The zero-order chi connectivity index (χ0) is 12.1. The highest BCUT2D eigenvalue weighted by Crippen LogP contribution is 2.20. The first-order chi connectivity index (χ1) is 8.29. The van der Waals surface area contributed by atoms with Crippen LogP contribution in [0.25, 0.3) is 0 Å². The molecule has 0 spiro atoms. The summed E-state index contributed by atoms with van der Waals surface area (Å²) in [4.78, 5) is 0. The molecule has 0 atom stereocenters. The van der Waals surface area contributed by atoms with Crippen molar-refractivity contribution in [2.75, 3.05) is 0 Å². The lowest BCUT2D eigenvalue weighted by Crippen LogP contribution is -1.96. The predicted octanol–water partition coefficient (Wildman–Crippen LogP) is 4.81. The summed E-state index contributed by atoms with van der Waals surface area (Å²) in [5, 5.41) is 1.57. The fraction of sp³-hybridized carbons (Fsp3) is 0.143. The van der Waals surface area contributed by atoms with E-state index >= 15 is 0 Å².